The van der Waals surface area contributed by atoms with Gasteiger partial charge in [0.25, 0.3) is 21.8 Å². The van der Waals surface area contributed by atoms with Crippen LogP contribution in [0.3, 0.4) is 0 Å². The standard InChI is InChI=1S/C31H26FN5O6S3/c1-17-4-3-5-19(14-17)33-27-23(32)11-12-24-28(27)45-31(34-24)36-46(41,42)21-10-13-25(43-2)22(15-21)29(40)35-37-26(39)16-44-30(37)18-6-8-20(38)9-7-18/h3-15,30,33,38H,16H2,1-2H3,(H,34,36)(H,35,40). The normalized spacial score (nSPS) is 14.8. The Labute approximate surface area is 271 Å². The SMILES string of the molecule is COc1ccc(S(=O)(=O)Nc2nc3ccc(F)c(Nc4cccc(C)c4)c3s2)cc1C(=O)NN1C(=O)CSC1c1ccc(O)cc1. The number of hydrogen-bond acceptors (Lipinski definition) is 10. The molecule has 0 bridgehead atoms. The zero-order valence-corrected chi connectivity index (χ0v) is 26.7. The number of halogens is 1. The number of carbonyl (C=O) groups is 2. The summed E-state index contributed by atoms with van der Waals surface area (Å²) in [6.45, 7) is 1.91. The highest BCUT2D eigenvalue weighted by Gasteiger charge is 2.35. The van der Waals surface area contributed by atoms with Crippen LogP contribution in [0.2, 0.25) is 0 Å². The Morgan fingerprint density at radius 1 is 1.09 bits per heavy atom. The minimum atomic E-state index is -4.29. The van der Waals surface area contributed by atoms with Crippen LogP contribution in [0.4, 0.5) is 20.9 Å². The molecule has 1 aromatic heterocycles. The highest BCUT2D eigenvalue weighted by Crippen LogP contribution is 2.39. The molecule has 1 aliphatic heterocycles. The fraction of sp³-hybridized carbons (Fsp3) is 0.129. The van der Waals surface area contributed by atoms with E-state index in [9.17, 15) is 27.5 Å². The first-order chi connectivity index (χ1) is 22.0. The van der Waals surface area contributed by atoms with Crippen molar-refractivity contribution in [3.8, 4) is 11.5 Å². The van der Waals surface area contributed by atoms with Gasteiger partial charge in [0.2, 0.25) is 0 Å². The number of thioether (sulfide) groups is 1. The molecule has 0 saturated carbocycles. The van der Waals surface area contributed by atoms with E-state index in [4.69, 9.17) is 4.74 Å². The number of phenols is 1. The van der Waals surface area contributed by atoms with Gasteiger partial charge >= 0.3 is 0 Å². The first kappa shape index (κ1) is 31.1. The van der Waals surface area contributed by atoms with Crippen LogP contribution in [-0.4, -0.2) is 48.2 Å². The fourth-order valence-electron chi connectivity index (χ4n) is 4.80. The molecule has 4 aromatic carbocycles. The second-order valence-electron chi connectivity index (χ2n) is 10.2. The Morgan fingerprint density at radius 3 is 2.61 bits per heavy atom. The monoisotopic (exact) mass is 679 g/mol. The first-order valence-corrected chi connectivity index (χ1v) is 17.0. The van der Waals surface area contributed by atoms with Crippen LogP contribution in [0.15, 0.2) is 83.8 Å². The maximum Gasteiger partial charge on any atom is 0.273 e. The van der Waals surface area contributed by atoms with Crippen molar-refractivity contribution in [1.29, 1.82) is 0 Å². The molecule has 0 radical (unpaired) electrons. The number of carbonyl (C=O) groups excluding carboxylic acids is 2. The molecule has 0 spiro atoms. The fourth-order valence-corrected chi connectivity index (χ4v) is 8.12. The van der Waals surface area contributed by atoms with Gasteiger partial charge in [-0.15, -0.1) is 11.8 Å². The summed E-state index contributed by atoms with van der Waals surface area (Å²) in [5.74, 6) is -1.41. The summed E-state index contributed by atoms with van der Waals surface area (Å²) in [7, 11) is -2.95. The van der Waals surface area contributed by atoms with Gasteiger partial charge in [-0.2, -0.15) is 0 Å². The number of aryl methyl sites for hydroxylation is 1. The number of hydrazine groups is 1. The van der Waals surface area contributed by atoms with Crippen molar-refractivity contribution in [2.75, 3.05) is 22.9 Å². The number of methoxy groups -OCH3 is 1. The van der Waals surface area contributed by atoms with E-state index in [1.165, 1.54) is 60.3 Å². The highest BCUT2D eigenvalue weighted by atomic mass is 32.2. The number of thiazole rings is 1. The van der Waals surface area contributed by atoms with Gasteiger partial charge in [-0.25, -0.2) is 22.8 Å². The van der Waals surface area contributed by atoms with E-state index >= 15 is 0 Å². The van der Waals surface area contributed by atoms with Crippen LogP contribution in [0.25, 0.3) is 10.2 Å². The van der Waals surface area contributed by atoms with Crippen LogP contribution in [0.1, 0.15) is 26.9 Å². The molecule has 46 heavy (non-hydrogen) atoms. The van der Waals surface area contributed by atoms with Crippen molar-refractivity contribution in [3.05, 3.63) is 101 Å². The lowest BCUT2D eigenvalue weighted by Gasteiger charge is -2.25. The van der Waals surface area contributed by atoms with E-state index in [0.29, 0.717) is 21.5 Å². The van der Waals surface area contributed by atoms with E-state index in [0.717, 1.165) is 23.0 Å². The lowest BCUT2D eigenvalue weighted by Crippen LogP contribution is -2.44. The second kappa shape index (κ2) is 12.5. The van der Waals surface area contributed by atoms with Gasteiger partial charge in [-0.3, -0.25) is 19.7 Å². The molecule has 1 fully saturated rings. The quantitative estimate of drug-likeness (QED) is 0.149. The third-order valence-electron chi connectivity index (χ3n) is 7.01. The maximum atomic E-state index is 14.9. The Kier molecular flexibility index (Phi) is 8.46. The topological polar surface area (TPSA) is 150 Å². The molecule has 2 heterocycles. The smallest absolute Gasteiger partial charge is 0.273 e. The second-order valence-corrected chi connectivity index (χ2v) is 14.0. The molecule has 0 aliphatic carbocycles. The van der Waals surface area contributed by atoms with Crippen LogP contribution in [-0.2, 0) is 14.8 Å². The van der Waals surface area contributed by atoms with E-state index in [2.05, 4.69) is 20.4 Å². The molecule has 1 atom stereocenters. The summed E-state index contributed by atoms with van der Waals surface area (Å²) < 4.78 is 50.1. The number of aromatic nitrogens is 1. The number of ether oxygens (including phenoxy) is 1. The number of amides is 2. The van der Waals surface area contributed by atoms with Crippen molar-refractivity contribution < 1.29 is 32.2 Å². The third-order valence-corrected chi connectivity index (χ3v) is 10.7. The summed E-state index contributed by atoms with van der Waals surface area (Å²) in [5.41, 5.74) is 5.30. The van der Waals surface area contributed by atoms with E-state index in [1.807, 2.05) is 25.1 Å². The number of rotatable bonds is 9. The van der Waals surface area contributed by atoms with Crippen LogP contribution < -0.4 is 20.2 Å². The van der Waals surface area contributed by atoms with Gasteiger partial charge in [0, 0.05) is 5.69 Å². The number of phenolic OH excluding ortho intramolecular Hbond substituents is 1. The zero-order chi connectivity index (χ0) is 32.6. The Balaban J connectivity index is 1.26. The predicted molar refractivity (Wildman–Crippen MR) is 175 cm³/mol. The summed E-state index contributed by atoms with van der Waals surface area (Å²) in [6.07, 6.45) is 0. The third kappa shape index (κ3) is 6.29. The minimum Gasteiger partial charge on any atom is -0.508 e. The van der Waals surface area contributed by atoms with Gasteiger partial charge in [0.1, 0.15) is 22.7 Å². The maximum absolute atomic E-state index is 14.9. The Morgan fingerprint density at radius 2 is 1.87 bits per heavy atom. The molecule has 1 unspecified atom stereocenters. The number of nitrogens with zero attached hydrogens (tertiary/aromatic N) is 2. The Bertz CT molecular complexity index is 2090. The van der Waals surface area contributed by atoms with E-state index < -0.39 is 27.1 Å². The average molecular weight is 680 g/mol. The van der Waals surface area contributed by atoms with Gasteiger partial charge in [-0.1, -0.05) is 35.6 Å². The summed E-state index contributed by atoms with van der Waals surface area (Å²) in [4.78, 5) is 30.2. The number of nitrogens with one attached hydrogen (secondary N) is 3. The molecule has 15 heteroatoms. The van der Waals surface area contributed by atoms with Crippen molar-refractivity contribution in [2.24, 2.45) is 0 Å². The highest BCUT2D eigenvalue weighted by molar-refractivity contribution is 8.00. The van der Waals surface area contributed by atoms with Crippen LogP contribution >= 0.6 is 23.1 Å². The van der Waals surface area contributed by atoms with Gasteiger partial charge in [-0.05, 0) is 72.6 Å². The molecular formula is C31H26FN5O6S3. The van der Waals surface area contributed by atoms with Crippen molar-refractivity contribution >= 4 is 71.7 Å². The molecule has 11 nitrogen and oxygen atoms in total. The molecule has 1 saturated heterocycles. The predicted octanol–water partition coefficient (Wildman–Crippen LogP) is 5.92. The first-order valence-electron chi connectivity index (χ1n) is 13.7. The van der Waals surface area contributed by atoms with Crippen molar-refractivity contribution in [2.45, 2.75) is 17.2 Å². The number of benzene rings is 4. The Hall–Kier alpha value is -4.86. The molecule has 236 valence electrons. The molecule has 5 aromatic rings. The van der Waals surface area contributed by atoms with E-state index in [1.54, 1.807) is 18.2 Å². The molecule has 4 N–H and O–H groups in total. The lowest BCUT2D eigenvalue weighted by atomic mass is 10.2. The van der Waals surface area contributed by atoms with Crippen LogP contribution in [0.5, 0.6) is 11.5 Å². The van der Waals surface area contributed by atoms with Gasteiger partial charge in [0.05, 0.1) is 39.2 Å². The number of sulfonamides is 1. The average Bonchev–Trinajstić information content (AvgIpc) is 3.60. The minimum absolute atomic E-state index is 0.00820. The summed E-state index contributed by atoms with van der Waals surface area (Å²) in [5, 5.41) is 13.3. The lowest BCUT2D eigenvalue weighted by molar-refractivity contribution is -0.130. The largest absolute Gasteiger partial charge is 0.508 e. The summed E-state index contributed by atoms with van der Waals surface area (Å²) in [6, 6.07) is 20.1. The van der Waals surface area contributed by atoms with Crippen molar-refractivity contribution in [1.82, 2.24) is 15.4 Å². The van der Waals surface area contributed by atoms with Gasteiger partial charge in [0.15, 0.2) is 5.13 Å². The molecule has 1 aliphatic rings. The number of aromatic hydroxyl groups is 1. The zero-order valence-electron chi connectivity index (χ0n) is 24.3. The van der Waals surface area contributed by atoms with E-state index in [-0.39, 0.29) is 44.4 Å². The van der Waals surface area contributed by atoms with Crippen LogP contribution in [0, 0.1) is 12.7 Å². The number of anilines is 3. The number of fused-ring (bicyclic) bond motifs is 1. The molecule has 6 rings (SSSR count). The van der Waals surface area contributed by atoms with Crippen molar-refractivity contribution in [3.63, 3.8) is 0 Å². The van der Waals surface area contributed by atoms with Gasteiger partial charge < -0.3 is 15.2 Å². The molecule has 2 amide bonds. The number of hydrogen-bond donors (Lipinski definition) is 4. The molecular weight excluding hydrogens is 654 g/mol. The summed E-state index contributed by atoms with van der Waals surface area (Å²) >= 11 is 2.24.